The number of hydrogen-bond acceptors (Lipinski definition) is 1. The summed E-state index contributed by atoms with van der Waals surface area (Å²) in [7, 11) is 0. The second-order valence-corrected chi connectivity index (χ2v) is 3.55. The van der Waals surface area contributed by atoms with E-state index in [-0.39, 0.29) is 0 Å². The van der Waals surface area contributed by atoms with Crippen molar-refractivity contribution in [3.05, 3.63) is 47.6 Å². The lowest BCUT2D eigenvalue weighted by Crippen LogP contribution is -2.19. The van der Waals surface area contributed by atoms with Crippen LogP contribution in [-0.4, -0.2) is 10.6 Å². The van der Waals surface area contributed by atoms with E-state index in [1.165, 1.54) is 4.57 Å². The third-order valence-electron chi connectivity index (χ3n) is 2.11. The Morgan fingerprint density at radius 3 is 2.73 bits per heavy atom. The molecule has 2 aromatic rings. The summed E-state index contributed by atoms with van der Waals surface area (Å²) in [6, 6.07) is 10.3. The Balaban J connectivity index is 2.54. The van der Waals surface area contributed by atoms with Gasteiger partial charge in [-0.05, 0) is 24.3 Å². The molecule has 15 heavy (non-hydrogen) atoms. The van der Waals surface area contributed by atoms with Crippen LogP contribution >= 0.6 is 11.6 Å². The fraction of sp³-hybridized carbons (Fsp3) is 0. The topological polar surface area (TPSA) is 48.0 Å². The highest BCUT2D eigenvalue weighted by atomic mass is 35.5. The predicted octanol–water partition coefficient (Wildman–Crippen LogP) is 2.74. The minimum Gasteiger partial charge on any atom is -0.351 e. The molecule has 0 aliphatic rings. The Kier molecular flexibility index (Phi) is 2.47. The summed E-state index contributed by atoms with van der Waals surface area (Å²) in [5.41, 5.74) is 6.83. The van der Waals surface area contributed by atoms with Crippen molar-refractivity contribution >= 4 is 17.6 Å². The van der Waals surface area contributed by atoms with E-state index < -0.39 is 6.03 Å². The van der Waals surface area contributed by atoms with Gasteiger partial charge in [-0.15, -0.1) is 0 Å². The molecule has 2 rings (SSSR count). The van der Waals surface area contributed by atoms with Gasteiger partial charge in [0.05, 0.1) is 5.69 Å². The number of benzene rings is 1. The van der Waals surface area contributed by atoms with Crippen LogP contribution in [-0.2, 0) is 0 Å². The van der Waals surface area contributed by atoms with E-state index in [2.05, 4.69) is 0 Å². The molecule has 0 saturated carbocycles. The molecular formula is C11H9ClN2O. The molecule has 1 aromatic heterocycles. The third kappa shape index (κ3) is 1.87. The maximum Gasteiger partial charge on any atom is 0.323 e. The SMILES string of the molecule is NC(=O)n1cccc1-c1cccc(Cl)c1. The van der Waals surface area contributed by atoms with Crippen molar-refractivity contribution in [2.75, 3.05) is 0 Å². The Morgan fingerprint density at radius 2 is 2.07 bits per heavy atom. The van der Waals surface area contributed by atoms with Gasteiger partial charge in [-0.1, -0.05) is 23.7 Å². The van der Waals surface area contributed by atoms with Gasteiger partial charge in [0.2, 0.25) is 0 Å². The van der Waals surface area contributed by atoms with Gasteiger partial charge in [0.1, 0.15) is 0 Å². The van der Waals surface area contributed by atoms with Crippen LogP contribution in [0.25, 0.3) is 11.3 Å². The van der Waals surface area contributed by atoms with Crippen LogP contribution in [0.5, 0.6) is 0 Å². The molecule has 1 amide bonds. The van der Waals surface area contributed by atoms with Crippen LogP contribution in [0, 0.1) is 0 Å². The summed E-state index contributed by atoms with van der Waals surface area (Å²) in [4.78, 5) is 11.1. The first-order chi connectivity index (χ1) is 7.18. The van der Waals surface area contributed by atoms with Crippen LogP contribution in [0.3, 0.4) is 0 Å². The third-order valence-corrected chi connectivity index (χ3v) is 2.34. The highest BCUT2D eigenvalue weighted by Crippen LogP contribution is 2.22. The van der Waals surface area contributed by atoms with Crippen LogP contribution in [0.2, 0.25) is 5.02 Å². The van der Waals surface area contributed by atoms with Crippen LogP contribution in [0.1, 0.15) is 0 Å². The van der Waals surface area contributed by atoms with E-state index in [1.807, 2.05) is 18.2 Å². The number of rotatable bonds is 1. The van der Waals surface area contributed by atoms with E-state index >= 15 is 0 Å². The first-order valence-electron chi connectivity index (χ1n) is 4.41. The second-order valence-electron chi connectivity index (χ2n) is 3.11. The van der Waals surface area contributed by atoms with Crippen molar-refractivity contribution in [2.24, 2.45) is 5.73 Å². The predicted molar refractivity (Wildman–Crippen MR) is 59.9 cm³/mol. The molecule has 3 nitrogen and oxygen atoms in total. The summed E-state index contributed by atoms with van der Waals surface area (Å²) in [6.45, 7) is 0. The summed E-state index contributed by atoms with van der Waals surface area (Å²) in [5, 5.41) is 0.629. The van der Waals surface area contributed by atoms with Crippen molar-refractivity contribution in [1.82, 2.24) is 4.57 Å². The minimum atomic E-state index is -0.505. The number of carbonyl (C=O) groups excluding carboxylic acids is 1. The number of nitrogens with two attached hydrogens (primary N) is 1. The molecule has 0 radical (unpaired) electrons. The first kappa shape index (κ1) is 9.80. The zero-order valence-electron chi connectivity index (χ0n) is 7.85. The van der Waals surface area contributed by atoms with Crippen LogP contribution in [0.15, 0.2) is 42.6 Å². The average Bonchev–Trinajstić information content (AvgIpc) is 2.65. The van der Waals surface area contributed by atoms with Gasteiger partial charge in [0.25, 0.3) is 0 Å². The maximum absolute atomic E-state index is 11.1. The van der Waals surface area contributed by atoms with Crippen LogP contribution < -0.4 is 5.73 Å². The molecule has 0 unspecified atom stereocenters. The fourth-order valence-electron chi connectivity index (χ4n) is 1.46. The molecule has 0 fully saturated rings. The lowest BCUT2D eigenvalue weighted by atomic mass is 10.1. The molecule has 0 saturated heterocycles. The van der Waals surface area contributed by atoms with Crippen molar-refractivity contribution in [1.29, 1.82) is 0 Å². The molecule has 76 valence electrons. The maximum atomic E-state index is 11.1. The standard InChI is InChI=1S/C11H9ClN2O/c12-9-4-1-3-8(7-9)10-5-2-6-14(10)11(13)15/h1-7H,(H2,13,15). The van der Waals surface area contributed by atoms with Crippen LogP contribution in [0.4, 0.5) is 4.79 Å². The highest BCUT2D eigenvalue weighted by molar-refractivity contribution is 6.30. The van der Waals surface area contributed by atoms with Gasteiger partial charge < -0.3 is 5.73 Å². The summed E-state index contributed by atoms with van der Waals surface area (Å²) in [6.07, 6.45) is 1.62. The van der Waals surface area contributed by atoms with E-state index in [0.29, 0.717) is 5.02 Å². The Labute approximate surface area is 92.1 Å². The molecule has 0 aliphatic heterocycles. The van der Waals surface area contributed by atoms with Gasteiger partial charge >= 0.3 is 6.03 Å². The lowest BCUT2D eigenvalue weighted by molar-refractivity contribution is 0.250. The number of halogens is 1. The molecule has 1 aromatic carbocycles. The molecule has 0 atom stereocenters. The molecule has 0 spiro atoms. The normalized spacial score (nSPS) is 10.2. The fourth-order valence-corrected chi connectivity index (χ4v) is 1.65. The van der Waals surface area contributed by atoms with Gasteiger partial charge in [0, 0.05) is 16.8 Å². The minimum absolute atomic E-state index is 0.505. The molecule has 4 heteroatoms. The average molecular weight is 221 g/mol. The van der Waals surface area contributed by atoms with Crippen molar-refractivity contribution in [3.63, 3.8) is 0 Å². The first-order valence-corrected chi connectivity index (χ1v) is 4.79. The van der Waals surface area contributed by atoms with Crippen molar-refractivity contribution in [2.45, 2.75) is 0 Å². The smallest absolute Gasteiger partial charge is 0.323 e. The van der Waals surface area contributed by atoms with Gasteiger partial charge in [-0.25, -0.2) is 4.79 Å². The van der Waals surface area contributed by atoms with E-state index in [0.717, 1.165) is 11.3 Å². The number of hydrogen-bond donors (Lipinski definition) is 1. The summed E-state index contributed by atoms with van der Waals surface area (Å²) < 4.78 is 1.38. The highest BCUT2D eigenvalue weighted by Gasteiger charge is 2.07. The number of amides is 1. The molecule has 0 aliphatic carbocycles. The van der Waals surface area contributed by atoms with Crippen molar-refractivity contribution < 1.29 is 4.79 Å². The number of nitrogens with zero attached hydrogens (tertiary/aromatic N) is 1. The lowest BCUT2D eigenvalue weighted by Gasteiger charge is -2.04. The Bertz CT molecular complexity index is 505. The monoisotopic (exact) mass is 220 g/mol. The summed E-state index contributed by atoms with van der Waals surface area (Å²) >= 11 is 5.87. The number of primary amides is 1. The summed E-state index contributed by atoms with van der Waals surface area (Å²) in [5.74, 6) is 0. The molecular weight excluding hydrogens is 212 g/mol. The van der Waals surface area contributed by atoms with E-state index in [9.17, 15) is 4.79 Å². The largest absolute Gasteiger partial charge is 0.351 e. The van der Waals surface area contributed by atoms with Crippen molar-refractivity contribution in [3.8, 4) is 11.3 Å². The second kappa shape index (κ2) is 3.79. The number of aromatic nitrogens is 1. The molecule has 0 bridgehead atoms. The Morgan fingerprint density at radius 1 is 1.27 bits per heavy atom. The van der Waals surface area contributed by atoms with E-state index in [1.54, 1.807) is 24.4 Å². The van der Waals surface area contributed by atoms with Gasteiger partial charge in [0.15, 0.2) is 0 Å². The zero-order chi connectivity index (χ0) is 10.8. The van der Waals surface area contributed by atoms with E-state index in [4.69, 9.17) is 17.3 Å². The number of carbonyl (C=O) groups is 1. The van der Waals surface area contributed by atoms with Gasteiger partial charge in [-0.2, -0.15) is 0 Å². The molecule has 2 N–H and O–H groups in total. The van der Waals surface area contributed by atoms with Gasteiger partial charge in [-0.3, -0.25) is 4.57 Å². The zero-order valence-corrected chi connectivity index (χ0v) is 8.61. The Hall–Kier alpha value is -1.74. The molecule has 1 heterocycles. The quantitative estimate of drug-likeness (QED) is 0.789.